The summed E-state index contributed by atoms with van der Waals surface area (Å²) < 4.78 is 10.4. The van der Waals surface area contributed by atoms with Crippen LogP contribution in [0.3, 0.4) is 0 Å². The van der Waals surface area contributed by atoms with E-state index in [0.29, 0.717) is 22.7 Å². The predicted octanol–water partition coefficient (Wildman–Crippen LogP) is 2.42. The molecule has 1 heterocycles. The number of nitrogens with zero attached hydrogens (tertiary/aromatic N) is 1. The Hall–Kier alpha value is -3.55. The highest BCUT2D eigenvalue weighted by molar-refractivity contribution is 6.10. The van der Waals surface area contributed by atoms with Gasteiger partial charge in [0.05, 0.1) is 19.9 Å². The van der Waals surface area contributed by atoms with Crippen molar-refractivity contribution in [1.82, 2.24) is 10.2 Å². The van der Waals surface area contributed by atoms with Gasteiger partial charge in [-0.1, -0.05) is 18.2 Å². The molecule has 1 fully saturated rings. The van der Waals surface area contributed by atoms with Crippen LogP contribution < -0.4 is 20.1 Å². The molecule has 0 aromatic heterocycles. The zero-order chi connectivity index (χ0) is 21.2. The molecular weight excluding hydrogens is 374 g/mol. The van der Waals surface area contributed by atoms with Crippen LogP contribution in [0.4, 0.5) is 10.5 Å². The van der Waals surface area contributed by atoms with Crippen molar-refractivity contribution < 1.29 is 23.9 Å². The highest BCUT2D eigenvalue weighted by atomic mass is 16.5. The van der Waals surface area contributed by atoms with Gasteiger partial charge in [-0.15, -0.1) is 0 Å². The largest absolute Gasteiger partial charge is 0.497 e. The lowest BCUT2D eigenvalue weighted by molar-refractivity contribution is -0.133. The summed E-state index contributed by atoms with van der Waals surface area (Å²) >= 11 is 0. The molecule has 3 rings (SSSR count). The molecule has 8 heteroatoms. The maximum absolute atomic E-state index is 13.0. The summed E-state index contributed by atoms with van der Waals surface area (Å²) in [5, 5.41) is 5.37. The van der Waals surface area contributed by atoms with E-state index >= 15 is 0 Å². The monoisotopic (exact) mass is 397 g/mol. The van der Waals surface area contributed by atoms with Crippen LogP contribution in [-0.4, -0.2) is 43.5 Å². The number of nitrogens with one attached hydrogen (secondary N) is 2. The van der Waals surface area contributed by atoms with Crippen LogP contribution in [0.5, 0.6) is 11.5 Å². The van der Waals surface area contributed by atoms with Crippen LogP contribution in [0.2, 0.25) is 0 Å². The van der Waals surface area contributed by atoms with Gasteiger partial charge in [-0.3, -0.25) is 14.5 Å². The van der Waals surface area contributed by atoms with Crippen molar-refractivity contribution >= 4 is 23.5 Å². The summed E-state index contributed by atoms with van der Waals surface area (Å²) in [5.41, 5.74) is 0.746. The van der Waals surface area contributed by atoms with Crippen molar-refractivity contribution in [2.75, 3.05) is 26.1 Å². The molecule has 8 nitrogen and oxygen atoms in total. The number of anilines is 1. The van der Waals surface area contributed by atoms with Gasteiger partial charge in [-0.05, 0) is 49.2 Å². The minimum absolute atomic E-state index is 0.409. The number of urea groups is 1. The second-order valence-corrected chi connectivity index (χ2v) is 6.93. The Balaban J connectivity index is 1.76. The van der Waals surface area contributed by atoms with Crippen molar-refractivity contribution in [1.29, 1.82) is 0 Å². The van der Waals surface area contributed by atoms with Gasteiger partial charge in [0.25, 0.3) is 5.91 Å². The van der Waals surface area contributed by atoms with E-state index in [0.717, 1.165) is 10.5 Å². The number of carbonyl (C=O) groups is 3. The number of hydrogen-bond acceptors (Lipinski definition) is 5. The normalized spacial score (nSPS) is 18.4. The van der Waals surface area contributed by atoms with Crippen molar-refractivity contribution in [2.45, 2.75) is 19.4 Å². The Morgan fingerprint density at radius 1 is 1.10 bits per heavy atom. The summed E-state index contributed by atoms with van der Waals surface area (Å²) in [6, 6.07) is 11.5. The van der Waals surface area contributed by atoms with E-state index in [1.54, 1.807) is 50.4 Å². The fraction of sp³-hybridized carbons (Fsp3) is 0.286. The molecule has 2 aromatic carbocycles. The van der Waals surface area contributed by atoms with Crippen LogP contribution in [0.15, 0.2) is 42.5 Å². The molecule has 1 aliphatic rings. The van der Waals surface area contributed by atoms with E-state index in [9.17, 15) is 14.4 Å². The van der Waals surface area contributed by atoms with E-state index in [1.165, 1.54) is 7.11 Å². The van der Waals surface area contributed by atoms with Gasteiger partial charge in [0, 0.05) is 0 Å². The second kappa shape index (κ2) is 7.83. The minimum Gasteiger partial charge on any atom is -0.497 e. The average molecular weight is 397 g/mol. The third-order valence-electron chi connectivity index (χ3n) is 4.87. The summed E-state index contributed by atoms with van der Waals surface area (Å²) in [6.45, 7) is 3.08. The van der Waals surface area contributed by atoms with Gasteiger partial charge >= 0.3 is 6.03 Å². The van der Waals surface area contributed by atoms with Crippen molar-refractivity contribution in [3.8, 4) is 11.5 Å². The molecule has 0 saturated carbocycles. The number of methoxy groups -OCH3 is 2. The molecule has 0 aliphatic carbocycles. The van der Waals surface area contributed by atoms with Crippen molar-refractivity contribution in [3.05, 3.63) is 53.6 Å². The van der Waals surface area contributed by atoms with Crippen molar-refractivity contribution in [2.24, 2.45) is 0 Å². The molecule has 1 aliphatic heterocycles. The summed E-state index contributed by atoms with van der Waals surface area (Å²) in [7, 11) is 3.04. The van der Waals surface area contributed by atoms with E-state index in [4.69, 9.17) is 9.47 Å². The van der Waals surface area contributed by atoms with Gasteiger partial charge in [-0.25, -0.2) is 4.79 Å². The lowest BCUT2D eigenvalue weighted by atomic mass is 9.92. The number of imide groups is 1. The molecule has 1 saturated heterocycles. The van der Waals surface area contributed by atoms with Gasteiger partial charge in [0.1, 0.15) is 23.6 Å². The number of carbonyl (C=O) groups excluding carboxylic acids is 3. The Labute approximate surface area is 168 Å². The van der Waals surface area contributed by atoms with Crippen LogP contribution in [0.1, 0.15) is 18.1 Å². The topological polar surface area (TPSA) is 97.0 Å². The Morgan fingerprint density at radius 3 is 2.41 bits per heavy atom. The third kappa shape index (κ3) is 3.87. The van der Waals surface area contributed by atoms with Crippen LogP contribution in [0, 0.1) is 6.92 Å². The van der Waals surface area contributed by atoms with Crippen molar-refractivity contribution in [3.63, 3.8) is 0 Å². The fourth-order valence-electron chi connectivity index (χ4n) is 3.21. The second-order valence-electron chi connectivity index (χ2n) is 6.93. The summed E-state index contributed by atoms with van der Waals surface area (Å²) in [4.78, 5) is 38.8. The van der Waals surface area contributed by atoms with E-state index < -0.39 is 29.9 Å². The Morgan fingerprint density at radius 2 is 1.79 bits per heavy atom. The summed E-state index contributed by atoms with van der Waals surface area (Å²) in [5.74, 6) is 0.122. The summed E-state index contributed by atoms with van der Waals surface area (Å²) in [6.07, 6.45) is 0. The quantitative estimate of drug-likeness (QED) is 0.730. The first kappa shape index (κ1) is 20.2. The minimum atomic E-state index is -1.26. The molecule has 0 radical (unpaired) electrons. The first-order chi connectivity index (χ1) is 13.8. The SMILES string of the molecule is COc1ccc(C2(C)NC(=O)N(CC(=O)Nc3cc(C)ccc3OC)C2=O)cc1. The number of ether oxygens (including phenoxy) is 2. The van der Waals surface area contributed by atoms with Crippen LogP contribution in [-0.2, 0) is 15.1 Å². The first-order valence-electron chi connectivity index (χ1n) is 9.01. The smallest absolute Gasteiger partial charge is 0.325 e. The Kier molecular flexibility index (Phi) is 5.45. The van der Waals surface area contributed by atoms with Gasteiger partial charge in [-0.2, -0.15) is 0 Å². The molecule has 4 amide bonds. The van der Waals surface area contributed by atoms with Gasteiger partial charge in [0.15, 0.2) is 0 Å². The fourth-order valence-corrected chi connectivity index (χ4v) is 3.21. The zero-order valence-corrected chi connectivity index (χ0v) is 16.7. The predicted molar refractivity (Wildman–Crippen MR) is 107 cm³/mol. The maximum Gasteiger partial charge on any atom is 0.325 e. The number of rotatable bonds is 6. The Bertz CT molecular complexity index is 957. The number of hydrogen-bond donors (Lipinski definition) is 2. The first-order valence-corrected chi connectivity index (χ1v) is 9.01. The van der Waals surface area contributed by atoms with Gasteiger partial charge in [0.2, 0.25) is 5.91 Å². The average Bonchev–Trinajstić information content (AvgIpc) is 2.92. The number of benzene rings is 2. The molecule has 1 unspecified atom stereocenters. The molecule has 152 valence electrons. The number of amides is 4. The molecular formula is C21H23N3O5. The lowest BCUT2D eigenvalue weighted by Crippen LogP contribution is -2.42. The molecule has 2 N–H and O–H groups in total. The third-order valence-corrected chi connectivity index (χ3v) is 4.87. The van der Waals surface area contributed by atoms with Gasteiger partial charge < -0.3 is 20.1 Å². The lowest BCUT2D eigenvalue weighted by Gasteiger charge is -2.22. The molecule has 1 atom stereocenters. The van der Waals surface area contributed by atoms with E-state index in [1.807, 2.05) is 13.0 Å². The van der Waals surface area contributed by atoms with E-state index in [-0.39, 0.29) is 0 Å². The maximum atomic E-state index is 13.0. The molecule has 0 bridgehead atoms. The van der Waals surface area contributed by atoms with Crippen LogP contribution in [0.25, 0.3) is 0 Å². The van der Waals surface area contributed by atoms with Crippen LogP contribution >= 0.6 is 0 Å². The molecule has 29 heavy (non-hydrogen) atoms. The molecule has 2 aromatic rings. The zero-order valence-electron chi connectivity index (χ0n) is 16.7. The highest BCUT2D eigenvalue weighted by Crippen LogP contribution is 2.30. The molecule has 0 spiro atoms. The highest BCUT2D eigenvalue weighted by Gasteiger charge is 2.49. The standard InChI is InChI=1S/C21H23N3O5/c1-13-5-10-17(29-4)16(11-13)22-18(25)12-24-19(26)21(2,23-20(24)27)14-6-8-15(28-3)9-7-14/h5-11H,12H2,1-4H3,(H,22,25)(H,23,27). The van der Waals surface area contributed by atoms with E-state index in [2.05, 4.69) is 10.6 Å². The number of aryl methyl sites for hydroxylation is 1.